The Morgan fingerprint density at radius 3 is 2.44 bits per heavy atom. The third kappa shape index (κ3) is 5.50. The quantitative estimate of drug-likeness (QED) is 0.505. The summed E-state index contributed by atoms with van der Waals surface area (Å²) >= 11 is 1.72. The van der Waals surface area contributed by atoms with Gasteiger partial charge in [-0.1, -0.05) is 6.92 Å². The Morgan fingerprint density at radius 2 is 1.85 bits per heavy atom. The summed E-state index contributed by atoms with van der Waals surface area (Å²) in [7, 11) is 4.81. The second-order valence-corrected chi connectivity index (χ2v) is 6.82. The van der Waals surface area contributed by atoms with Crippen LogP contribution in [0.5, 0.6) is 17.2 Å². The Bertz CT molecular complexity index is 761. The van der Waals surface area contributed by atoms with Crippen LogP contribution in [0.2, 0.25) is 0 Å². The second kappa shape index (κ2) is 10.6. The zero-order valence-electron chi connectivity index (χ0n) is 16.6. The zero-order valence-corrected chi connectivity index (χ0v) is 17.4. The largest absolute Gasteiger partial charge is 0.493 e. The van der Waals surface area contributed by atoms with Crippen LogP contribution >= 0.6 is 11.3 Å². The minimum atomic E-state index is 0.441. The molecule has 1 heterocycles. The summed E-state index contributed by atoms with van der Waals surface area (Å²) in [5.74, 6) is 2.55. The summed E-state index contributed by atoms with van der Waals surface area (Å²) in [4.78, 5) is 10.4. The van der Waals surface area contributed by atoms with Crippen molar-refractivity contribution in [1.29, 1.82) is 0 Å². The number of nitrogens with zero attached hydrogens (tertiary/aromatic N) is 2. The minimum absolute atomic E-state index is 0.441. The molecule has 0 aliphatic carbocycles. The molecule has 0 aliphatic heterocycles. The van der Waals surface area contributed by atoms with E-state index in [1.165, 1.54) is 4.88 Å². The number of rotatable bonds is 9. The number of hydrogen-bond acceptors (Lipinski definition) is 6. The van der Waals surface area contributed by atoms with E-state index in [2.05, 4.69) is 27.5 Å². The highest BCUT2D eigenvalue weighted by Crippen LogP contribution is 2.39. The molecule has 2 N–H and O–H groups in total. The smallest absolute Gasteiger partial charge is 0.203 e. The SMILES string of the molecule is CCNC(=NCc1ccc(OC)c(OC)c1OC)NCc1ncc(CC)s1. The number of methoxy groups -OCH3 is 3. The summed E-state index contributed by atoms with van der Waals surface area (Å²) < 4.78 is 16.3. The number of aryl methyl sites for hydroxylation is 1. The average Bonchev–Trinajstić information content (AvgIpc) is 3.17. The lowest BCUT2D eigenvalue weighted by Gasteiger charge is -2.15. The molecule has 0 fully saturated rings. The normalized spacial score (nSPS) is 11.2. The van der Waals surface area contributed by atoms with Crippen molar-refractivity contribution in [3.05, 3.63) is 33.8 Å². The lowest BCUT2D eigenvalue weighted by Crippen LogP contribution is -2.36. The van der Waals surface area contributed by atoms with E-state index in [0.29, 0.717) is 30.3 Å². The summed E-state index contributed by atoms with van der Waals surface area (Å²) in [6.45, 7) is 6.02. The maximum absolute atomic E-state index is 5.52. The third-order valence-electron chi connectivity index (χ3n) is 3.89. The van der Waals surface area contributed by atoms with E-state index in [0.717, 1.165) is 29.5 Å². The van der Waals surface area contributed by atoms with Crippen LogP contribution in [0, 0.1) is 0 Å². The molecule has 0 unspecified atom stereocenters. The van der Waals surface area contributed by atoms with Gasteiger partial charge < -0.3 is 24.8 Å². The van der Waals surface area contributed by atoms with Crippen molar-refractivity contribution in [2.75, 3.05) is 27.9 Å². The van der Waals surface area contributed by atoms with Gasteiger partial charge in [0.2, 0.25) is 5.75 Å². The van der Waals surface area contributed by atoms with Gasteiger partial charge in [-0.05, 0) is 25.5 Å². The van der Waals surface area contributed by atoms with Gasteiger partial charge in [0.05, 0.1) is 34.4 Å². The van der Waals surface area contributed by atoms with Crippen molar-refractivity contribution in [3.8, 4) is 17.2 Å². The van der Waals surface area contributed by atoms with Crippen LogP contribution in [0.4, 0.5) is 0 Å². The van der Waals surface area contributed by atoms with Gasteiger partial charge in [-0.25, -0.2) is 9.98 Å². The number of aromatic nitrogens is 1. The number of ether oxygens (including phenoxy) is 3. The van der Waals surface area contributed by atoms with Crippen LogP contribution in [-0.2, 0) is 19.5 Å². The van der Waals surface area contributed by atoms with E-state index in [4.69, 9.17) is 14.2 Å². The van der Waals surface area contributed by atoms with Gasteiger partial charge in [-0.15, -0.1) is 11.3 Å². The molecule has 27 heavy (non-hydrogen) atoms. The van der Waals surface area contributed by atoms with Crippen molar-refractivity contribution in [1.82, 2.24) is 15.6 Å². The molecule has 2 aromatic rings. The van der Waals surface area contributed by atoms with E-state index in [-0.39, 0.29) is 0 Å². The molecule has 1 aromatic heterocycles. The highest BCUT2D eigenvalue weighted by molar-refractivity contribution is 7.11. The first kappa shape index (κ1) is 20.8. The van der Waals surface area contributed by atoms with Crippen molar-refractivity contribution < 1.29 is 14.2 Å². The third-order valence-corrected chi connectivity index (χ3v) is 5.04. The first-order valence-electron chi connectivity index (χ1n) is 8.90. The molecule has 0 aliphatic rings. The predicted molar refractivity (Wildman–Crippen MR) is 109 cm³/mol. The van der Waals surface area contributed by atoms with Crippen LogP contribution in [0.3, 0.4) is 0 Å². The maximum atomic E-state index is 5.52. The van der Waals surface area contributed by atoms with Crippen LogP contribution < -0.4 is 24.8 Å². The Morgan fingerprint density at radius 1 is 1.07 bits per heavy atom. The van der Waals surface area contributed by atoms with Gasteiger partial charge in [-0.3, -0.25) is 0 Å². The Hall–Kier alpha value is -2.48. The van der Waals surface area contributed by atoms with Gasteiger partial charge in [-0.2, -0.15) is 0 Å². The topological polar surface area (TPSA) is 77.0 Å². The Balaban J connectivity index is 2.13. The van der Waals surface area contributed by atoms with Crippen molar-refractivity contribution in [2.24, 2.45) is 4.99 Å². The lowest BCUT2D eigenvalue weighted by molar-refractivity contribution is 0.322. The highest BCUT2D eigenvalue weighted by Gasteiger charge is 2.15. The summed E-state index contributed by atoms with van der Waals surface area (Å²) in [6, 6.07) is 3.79. The standard InChI is InChI=1S/C19H28N4O3S/c1-6-14-11-21-16(27-14)12-23-19(20-7-2)22-10-13-8-9-15(24-3)18(26-5)17(13)25-4/h8-9,11H,6-7,10,12H2,1-5H3,(H2,20,22,23). The van der Waals surface area contributed by atoms with Gasteiger partial charge in [0, 0.05) is 23.2 Å². The molecule has 8 heteroatoms. The second-order valence-electron chi connectivity index (χ2n) is 5.62. The molecule has 0 saturated heterocycles. The van der Waals surface area contributed by atoms with E-state index >= 15 is 0 Å². The Labute approximate surface area is 164 Å². The number of hydrogen-bond donors (Lipinski definition) is 2. The fraction of sp³-hybridized carbons (Fsp3) is 0.474. The molecular weight excluding hydrogens is 364 g/mol. The molecule has 0 spiro atoms. The van der Waals surface area contributed by atoms with Gasteiger partial charge in [0.1, 0.15) is 5.01 Å². The van der Waals surface area contributed by atoms with Crippen LogP contribution in [0.25, 0.3) is 0 Å². The first-order chi connectivity index (χ1) is 13.2. The van der Waals surface area contributed by atoms with Crippen LogP contribution in [0.1, 0.15) is 29.3 Å². The highest BCUT2D eigenvalue weighted by atomic mass is 32.1. The molecule has 2 rings (SSSR count). The summed E-state index contributed by atoms with van der Waals surface area (Å²) in [6.07, 6.45) is 2.94. The van der Waals surface area contributed by atoms with Gasteiger partial charge in [0.25, 0.3) is 0 Å². The molecule has 148 valence electrons. The summed E-state index contributed by atoms with van der Waals surface area (Å²) in [5.41, 5.74) is 0.912. The molecule has 0 saturated carbocycles. The first-order valence-corrected chi connectivity index (χ1v) is 9.71. The average molecular weight is 393 g/mol. The van der Waals surface area contributed by atoms with Crippen LogP contribution in [0.15, 0.2) is 23.3 Å². The zero-order chi connectivity index (χ0) is 19.6. The molecule has 0 bridgehead atoms. The van der Waals surface area contributed by atoms with Crippen molar-refractivity contribution in [2.45, 2.75) is 33.4 Å². The fourth-order valence-electron chi connectivity index (χ4n) is 2.55. The van der Waals surface area contributed by atoms with Crippen molar-refractivity contribution >= 4 is 17.3 Å². The molecule has 7 nitrogen and oxygen atoms in total. The summed E-state index contributed by atoms with van der Waals surface area (Å²) in [5, 5.41) is 7.62. The lowest BCUT2D eigenvalue weighted by atomic mass is 10.1. The van der Waals surface area contributed by atoms with E-state index < -0.39 is 0 Å². The van der Waals surface area contributed by atoms with E-state index in [9.17, 15) is 0 Å². The fourth-order valence-corrected chi connectivity index (χ4v) is 3.35. The molecule has 0 atom stereocenters. The van der Waals surface area contributed by atoms with E-state index in [1.54, 1.807) is 32.7 Å². The number of thiazole rings is 1. The molecule has 0 amide bonds. The maximum Gasteiger partial charge on any atom is 0.203 e. The van der Waals surface area contributed by atoms with Crippen molar-refractivity contribution in [3.63, 3.8) is 0 Å². The van der Waals surface area contributed by atoms with Crippen LogP contribution in [-0.4, -0.2) is 38.8 Å². The Kier molecular flexibility index (Phi) is 8.19. The number of nitrogens with one attached hydrogen (secondary N) is 2. The molecular formula is C19H28N4O3S. The molecule has 0 radical (unpaired) electrons. The van der Waals surface area contributed by atoms with Gasteiger partial charge in [0.15, 0.2) is 17.5 Å². The minimum Gasteiger partial charge on any atom is -0.493 e. The number of aliphatic imine (C=N–C) groups is 1. The monoisotopic (exact) mass is 392 g/mol. The predicted octanol–water partition coefficient (Wildman–Crippen LogP) is 2.99. The molecule has 1 aromatic carbocycles. The van der Waals surface area contributed by atoms with E-state index in [1.807, 2.05) is 25.3 Å². The number of benzene rings is 1. The van der Waals surface area contributed by atoms with Gasteiger partial charge >= 0.3 is 0 Å². The number of guanidine groups is 1.